The smallest absolute Gasteiger partial charge is 0.175 e. The maximum Gasteiger partial charge on any atom is 0.175 e. The summed E-state index contributed by atoms with van der Waals surface area (Å²) in [4.78, 5) is 18.2. The number of ether oxygens (including phenoxy) is 1. The molecule has 0 atom stereocenters. The summed E-state index contributed by atoms with van der Waals surface area (Å²) in [6, 6.07) is 28.1. The molecular weight excluding hydrogens is 454 g/mol. The average Bonchev–Trinajstić information content (AvgIpc) is 3.40. The summed E-state index contributed by atoms with van der Waals surface area (Å²) in [5.74, 6) is 1.23. The van der Waals surface area contributed by atoms with Gasteiger partial charge in [-0.1, -0.05) is 42.1 Å². The zero-order chi connectivity index (χ0) is 24.4. The second kappa shape index (κ2) is 9.84. The van der Waals surface area contributed by atoms with Crippen molar-refractivity contribution >= 4 is 28.6 Å². The molecule has 5 aromatic rings. The molecule has 0 N–H and O–H groups in total. The van der Waals surface area contributed by atoms with Crippen molar-refractivity contribution < 1.29 is 9.53 Å². The Bertz CT molecular complexity index is 1480. The van der Waals surface area contributed by atoms with E-state index in [9.17, 15) is 4.79 Å². The molecule has 0 bridgehead atoms. The largest absolute Gasteiger partial charge is 0.494 e. The van der Waals surface area contributed by atoms with Crippen molar-refractivity contribution in [2.24, 2.45) is 0 Å². The maximum absolute atomic E-state index is 13.3. The molecule has 0 amide bonds. The highest BCUT2D eigenvalue weighted by Crippen LogP contribution is 2.30. The first kappa shape index (κ1) is 23.0. The molecule has 5 rings (SSSR count). The number of para-hydroxylation sites is 3. The van der Waals surface area contributed by atoms with E-state index in [0.717, 1.165) is 50.3 Å². The van der Waals surface area contributed by atoms with E-state index >= 15 is 0 Å². The summed E-state index contributed by atoms with van der Waals surface area (Å²) in [5.41, 5.74) is 6.71. The monoisotopic (exact) mass is 481 g/mol. The Balaban J connectivity index is 1.44. The third kappa shape index (κ3) is 4.49. The van der Waals surface area contributed by atoms with Crippen LogP contribution < -0.4 is 4.74 Å². The lowest BCUT2D eigenvalue weighted by molar-refractivity contribution is 0.102. The minimum absolute atomic E-state index is 0.0931. The molecule has 0 saturated heterocycles. The molecule has 0 spiro atoms. The van der Waals surface area contributed by atoms with Gasteiger partial charge >= 0.3 is 0 Å². The van der Waals surface area contributed by atoms with Gasteiger partial charge in [-0.05, 0) is 75.4 Å². The van der Waals surface area contributed by atoms with Crippen LogP contribution in [0.5, 0.6) is 5.75 Å². The molecule has 6 heteroatoms. The maximum atomic E-state index is 13.3. The van der Waals surface area contributed by atoms with Crippen LogP contribution in [-0.2, 0) is 0 Å². The molecule has 0 saturated carbocycles. The molecule has 0 aliphatic rings. The van der Waals surface area contributed by atoms with Crippen molar-refractivity contribution in [3.8, 4) is 17.1 Å². The normalized spacial score (nSPS) is 11.2. The van der Waals surface area contributed by atoms with Crippen LogP contribution in [0.1, 0.15) is 28.7 Å². The Kier molecular flexibility index (Phi) is 6.47. The van der Waals surface area contributed by atoms with E-state index in [1.807, 2.05) is 87.5 Å². The third-order valence-electron chi connectivity index (χ3n) is 6.01. The third-order valence-corrected chi connectivity index (χ3v) is 6.95. The van der Waals surface area contributed by atoms with E-state index in [0.29, 0.717) is 12.4 Å². The molecule has 0 aliphatic carbocycles. The Morgan fingerprint density at radius 2 is 1.57 bits per heavy atom. The van der Waals surface area contributed by atoms with E-state index in [4.69, 9.17) is 9.72 Å². The summed E-state index contributed by atoms with van der Waals surface area (Å²) >= 11 is 1.47. The van der Waals surface area contributed by atoms with Crippen molar-refractivity contribution in [3.05, 3.63) is 102 Å². The van der Waals surface area contributed by atoms with Crippen LogP contribution in [0.2, 0.25) is 0 Å². The molecule has 0 unspecified atom stereocenters. The van der Waals surface area contributed by atoms with Gasteiger partial charge in [0.1, 0.15) is 5.75 Å². The lowest BCUT2D eigenvalue weighted by Crippen LogP contribution is -2.06. The molecule has 3 aromatic carbocycles. The molecule has 0 aliphatic heterocycles. The lowest BCUT2D eigenvalue weighted by Gasteiger charge is -2.11. The average molecular weight is 482 g/mol. The fourth-order valence-corrected chi connectivity index (χ4v) is 5.35. The Morgan fingerprint density at radius 3 is 2.31 bits per heavy atom. The van der Waals surface area contributed by atoms with E-state index in [1.54, 1.807) is 0 Å². The number of ketones is 1. The van der Waals surface area contributed by atoms with Gasteiger partial charge in [0, 0.05) is 28.3 Å². The second-order valence-corrected chi connectivity index (χ2v) is 9.26. The summed E-state index contributed by atoms with van der Waals surface area (Å²) in [6.45, 7) is 6.64. The second-order valence-electron chi connectivity index (χ2n) is 8.31. The fraction of sp³-hybridized carbons (Fsp3) is 0.172. The van der Waals surface area contributed by atoms with Crippen LogP contribution in [0.15, 0.2) is 90.1 Å². The number of rotatable bonds is 8. The number of aromatic nitrogens is 3. The number of fused-ring (bicyclic) bond motifs is 1. The summed E-state index contributed by atoms with van der Waals surface area (Å²) in [7, 11) is 0. The highest BCUT2D eigenvalue weighted by atomic mass is 32.2. The number of carbonyl (C=O) groups excluding carboxylic acids is 1. The lowest BCUT2D eigenvalue weighted by atomic mass is 10.2. The van der Waals surface area contributed by atoms with Gasteiger partial charge in [-0.2, -0.15) is 0 Å². The van der Waals surface area contributed by atoms with Crippen molar-refractivity contribution in [2.75, 3.05) is 12.4 Å². The zero-order valence-electron chi connectivity index (χ0n) is 20.1. The Labute approximate surface area is 209 Å². The predicted molar refractivity (Wildman–Crippen MR) is 143 cm³/mol. The molecule has 5 nitrogen and oxygen atoms in total. The van der Waals surface area contributed by atoms with Crippen LogP contribution in [0.4, 0.5) is 0 Å². The van der Waals surface area contributed by atoms with Gasteiger partial charge in [-0.25, -0.2) is 4.98 Å². The number of hydrogen-bond donors (Lipinski definition) is 0. The van der Waals surface area contributed by atoms with Gasteiger partial charge in [-0.15, -0.1) is 0 Å². The SMILES string of the molecule is CCOc1ccc(-n2c(SCC(=O)c3cc(C)n(-c4ccccc4)c3C)nc3ccccc32)cc1. The van der Waals surface area contributed by atoms with E-state index in [-0.39, 0.29) is 5.78 Å². The Hall–Kier alpha value is -3.77. The van der Waals surface area contributed by atoms with Crippen molar-refractivity contribution in [2.45, 2.75) is 25.9 Å². The Morgan fingerprint density at radius 1 is 0.886 bits per heavy atom. The fourth-order valence-electron chi connectivity index (χ4n) is 4.44. The molecular formula is C29H27N3O2S. The first-order chi connectivity index (χ1) is 17.1. The topological polar surface area (TPSA) is 49.0 Å². The molecule has 0 fully saturated rings. The number of imidazole rings is 1. The van der Waals surface area contributed by atoms with Crippen LogP contribution in [0.25, 0.3) is 22.4 Å². The molecule has 0 radical (unpaired) electrons. The predicted octanol–water partition coefficient (Wildman–Crippen LogP) is 6.81. The molecule has 176 valence electrons. The number of thioether (sulfide) groups is 1. The van der Waals surface area contributed by atoms with Gasteiger partial charge in [0.05, 0.1) is 23.4 Å². The van der Waals surface area contributed by atoms with Crippen LogP contribution >= 0.6 is 11.8 Å². The highest BCUT2D eigenvalue weighted by molar-refractivity contribution is 7.99. The van der Waals surface area contributed by atoms with Crippen LogP contribution in [0, 0.1) is 13.8 Å². The quantitative estimate of drug-likeness (QED) is 0.180. The van der Waals surface area contributed by atoms with Gasteiger partial charge < -0.3 is 9.30 Å². The van der Waals surface area contributed by atoms with E-state index in [1.165, 1.54) is 11.8 Å². The first-order valence-corrected chi connectivity index (χ1v) is 12.7. The minimum Gasteiger partial charge on any atom is -0.494 e. The van der Waals surface area contributed by atoms with Gasteiger partial charge in [0.25, 0.3) is 0 Å². The summed E-state index contributed by atoms with van der Waals surface area (Å²) < 4.78 is 9.84. The number of hydrogen-bond acceptors (Lipinski definition) is 4. The zero-order valence-corrected chi connectivity index (χ0v) is 20.9. The first-order valence-electron chi connectivity index (χ1n) is 11.7. The van der Waals surface area contributed by atoms with Crippen molar-refractivity contribution in [1.82, 2.24) is 14.1 Å². The number of carbonyl (C=O) groups is 1. The van der Waals surface area contributed by atoms with E-state index < -0.39 is 0 Å². The number of Topliss-reactive ketones (excluding diaryl/α,β-unsaturated/α-hetero) is 1. The number of benzene rings is 3. The minimum atomic E-state index is 0.0931. The highest BCUT2D eigenvalue weighted by Gasteiger charge is 2.19. The standard InChI is InChI=1S/C29H27N3O2S/c1-4-34-24-16-14-23(15-17-24)32-27-13-9-8-12-26(27)30-29(32)35-19-28(33)25-18-20(2)31(21(25)3)22-10-6-5-7-11-22/h5-18H,4,19H2,1-3H3. The molecule has 35 heavy (non-hydrogen) atoms. The van der Waals surface area contributed by atoms with Crippen LogP contribution in [0.3, 0.4) is 0 Å². The van der Waals surface area contributed by atoms with Gasteiger partial charge in [0.2, 0.25) is 0 Å². The number of aryl methyl sites for hydroxylation is 1. The molecule has 2 heterocycles. The van der Waals surface area contributed by atoms with E-state index in [2.05, 4.69) is 27.3 Å². The van der Waals surface area contributed by atoms with Crippen molar-refractivity contribution in [3.63, 3.8) is 0 Å². The summed E-state index contributed by atoms with van der Waals surface area (Å²) in [5, 5.41) is 0.792. The number of nitrogens with zero attached hydrogens (tertiary/aromatic N) is 3. The van der Waals surface area contributed by atoms with Gasteiger partial charge in [0.15, 0.2) is 10.9 Å². The summed E-state index contributed by atoms with van der Waals surface area (Å²) in [6.07, 6.45) is 0. The molecule has 2 aromatic heterocycles. The van der Waals surface area contributed by atoms with Crippen molar-refractivity contribution in [1.29, 1.82) is 0 Å². The van der Waals surface area contributed by atoms with Gasteiger partial charge in [-0.3, -0.25) is 9.36 Å². The van der Waals surface area contributed by atoms with Crippen LogP contribution in [-0.4, -0.2) is 32.3 Å².